The Morgan fingerprint density at radius 3 is 2.59 bits per heavy atom. The van der Waals surface area contributed by atoms with Crippen LogP contribution in [0.3, 0.4) is 0 Å². The van der Waals surface area contributed by atoms with Crippen LogP contribution in [0.15, 0.2) is 24.5 Å². The quantitative estimate of drug-likeness (QED) is 0.745. The fourth-order valence-electron chi connectivity index (χ4n) is 1.14. The molecule has 92 valence electrons. The SMILES string of the molecule is CC(C)CNC(=O)C(=O)NCc1cccnc1. The van der Waals surface area contributed by atoms with Gasteiger partial charge in [-0.1, -0.05) is 19.9 Å². The van der Waals surface area contributed by atoms with Gasteiger partial charge in [0.1, 0.15) is 0 Å². The number of pyridine rings is 1. The van der Waals surface area contributed by atoms with Gasteiger partial charge in [-0.2, -0.15) is 0 Å². The van der Waals surface area contributed by atoms with E-state index in [9.17, 15) is 9.59 Å². The van der Waals surface area contributed by atoms with Gasteiger partial charge in [0.25, 0.3) is 0 Å². The van der Waals surface area contributed by atoms with Gasteiger partial charge in [0.2, 0.25) is 0 Å². The third kappa shape index (κ3) is 5.10. The zero-order chi connectivity index (χ0) is 12.7. The van der Waals surface area contributed by atoms with Gasteiger partial charge < -0.3 is 10.6 Å². The van der Waals surface area contributed by atoms with E-state index in [-0.39, 0.29) is 0 Å². The van der Waals surface area contributed by atoms with Crippen molar-refractivity contribution in [3.05, 3.63) is 30.1 Å². The molecule has 0 bridgehead atoms. The second-order valence-corrected chi connectivity index (χ2v) is 4.15. The number of amides is 2. The zero-order valence-electron chi connectivity index (χ0n) is 10.1. The van der Waals surface area contributed by atoms with Gasteiger partial charge in [0, 0.05) is 25.5 Å². The summed E-state index contributed by atoms with van der Waals surface area (Å²) in [4.78, 5) is 26.6. The maximum atomic E-state index is 11.4. The van der Waals surface area contributed by atoms with Crippen LogP contribution in [0.5, 0.6) is 0 Å². The number of aromatic nitrogens is 1. The number of carbonyl (C=O) groups excluding carboxylic acids is 2. The molecule has 1 rings (SSSR count). The van der Waals surface area contributed by atoms with Gasteiger partial charge in [0.05, 0.1) is 0 Å². The summed E-state index contributed by atoms with van der Waals surface area (Å²) in [5.74, 6) is -0.887. The minimum Gasteiger partial charge on any atom is -0.348 e. The molecule has 0 aliphatic heterocycles. The van der Waals surface area contributed by atoms with Crippen LogP contribution in [0, 0.1) is 5.92 Å². The predicted octanol–water partition coefficient (Wildman–Crippen LogP) is 0.470. The molecule has 17 heavy (non-hydrogen) atoms. The van der Waals surface area contributed by atoms with Gasteiger partial charge >= 0.3 is 11.8 Å². The van der Waals surface area contributed by atoms with Crippen molar-refractivity contribution in [2.75, 3.05) is 6.54 Å². The molecule has 0 saturated carbocycles. The summed E-state index contributed by atoms with van der Waals surface area (Å²) >= 11 is 0. The average Bonchev–Trinajstić information content (AvgIpc) is 2.34. The highest BCUT2D eigenvalue weighted by atomic mass is 16.2. The molecule has 0 spiro atoms. The number of rotatable bonds is 4. The molecule has 5 heteroatoms. The first-order valence-electron chi connectivity index (χ1n) is 5.54. The van der Waals surface area contributed by atoms with Crippen molar-refractivity contribution in [2.24, 2.45) is 5.92 Å². The van der Waals surface area contributed by atoms with E-state index in [0.29, 0.717) is 19.0 Å². The lowest BCUT2D eigenvalue weighted by atomic mass is 10.2. The Bertz CT molecular complexity index is 377. The molecular formula is C12H17N3O2. The molecule has 2 amide bonds. The molecule has 0 unspecified atom stereocenters. The fourth-order valence-corrected chi connectivity index (χ4v) is 1.14. The van der Waals surface area contributed by atoms with Crippen LogP contribution in [0.2, 0.25) is 0 Å². The van der Waals surface area contributed by atoms with Crippen LogP contribution in [0.4, 0.5) is 0 Å². The number of hydrogen-bond donors (Lipinski definition) is 2. The van der Waals surface area contributed by atoms with Crippen LogP contribution in [-0.2, 0) is 16.1 Å². The van der Waals surface area contributed by atoms with Crippen molar-refractivity contribution in [2.45, 2.75) is 20.4 Å². The highest BCUT2D eigenvalue weighted by Gasteiger charge is 2.12. The van der Waals surface area contributed by atoms with E-state index in [4.69, 9.17) is 0 Å². The van der Waals surface area contributed by atoms with Crippen LogP contribution in [0.25, 0.3) is 0 Å². The third-order valence-electron chi connectivity index (χ3n) is 2.05. The van der Waals surface area contributed by atoms with Gasteiger partial charge in [-0.15, -0.1) is 0 Å². The number of carbonyl (C=O) groups is 2. The minimum atomic E-state index is -0.616. The Balaban J connectivity index is 2.32. The van der Waals surface area contributed by atoms with E-state index < -0.39 is 11.8 Å². The lowest BCUT2D eigenvalue weighted by Gasteiger charge is -2.07. The molecule has 0 radical (unpaired) electrons. The number of hydrogen-bond acceptors (Lipinski definition) is 3. The van der Waals surface area contributed by atoms with Crippen molar-refractivity contribution < 1.29 is 9.59 Å². The van der Waals surface area contributed by atoms with Crippen LogP contribution in [-0.4, -0.2) is 23.3 Å². The smallest absolute Gasteiger partial charge is 0.309 e. The standard InChI is InChI=1S/C12H17N3O2/c1-9(2)6-14-11(16)12(17)15-8-10-4-3-5-13-7-10/h3-5,7,9H,6,8H2,1-2H3,(H,14,16)(H,15,17). The first-order chi connectivity index (χ1) is 8.09. The number of nitrogens with zero attached hydrogens (tertiary/aromatic N) is 1. The molecule has 0 aliphatic carbocycles. The second-order valence-electron chi connectivity index (χ2n) is 4.15. The van der Waals surface area contributed by atoms with E-state index in [0.717, 1.165) is 5.56 Å². The maximum Gasteiger partial charge on any atom is 0.309 e. The summed E-state index contributed by atoms with van der Waals surface area (Å²) in [6.07, 6.45) is 3.30. The maximum absolute atomic E-state index is 11.4. The van der Waals surface area contributed by atoms with E-state index in [1.165, 1.54) is 0 Å². The Morgan fingerprint density at radius 2 is 2.00 bits per heavy atom. The summed E-state index contributed by atoms with van der Waals surface area (Å²) in [7, 11) is 0. The summed E-state index contributed by atoms with van der Waals surface area (Å²) in [6, 6.07) is 3.61. The fraction of sp³-hybridized carbons (Fsp3) is 0.417. The van der Waals surface area contributed by atoms with Gasteiger partial charge in [-0.25, -0.2) is 0 Å². The number of nitrogens with one attached hydrogen (secondary N) is 2. The monoisotopic (exact) mass is 235 g/mol. The Hall–Kier alpha value is -1.91. The summed E-state index contributed by atoms with van der Waals surface area (Å²) < 4.78 is 0. The lowest BCUT2D eigenvalue weighted by Crippen LogP contribution is -2.40. The molecule has 1 aromatic rings. The highest BCUT2D eigenvalue weighted by Crippen LogP contribution is 1.94. The van der Waals surface area contributed by atoms with Crippen LogP contribution >= 0.6 is 0 Å². The van der Waals surface area contributed by atoms with Gasteiger partial charge in [-0.05, 0) is 17.5 Å². The van der Waals surface area contributed by atoms with Gasteiger partial charge in [0.15, 0.2) is 0 Å². The molecule has 2 N–H and O–H groups in total. The highest BCUT2D eigenvalue weighted by molar-refractivity contribution is 6.35. The minimum absolute atomic E-state index is 0.307. The molecule has 0 aromatic carbocycles. The zero-order valence-corrected chi connectivity index (χ0v) is 10.1. The second kappa shape index (κ2) is 6.62. The van der Waals surface area contributed by atoms with Crippen molar-refractivity contribution in [1.82, 2.24) is 15.6 Å². The Labute approximate surface area is 101 Å². The van der Waals surface area contributed by atoms with Crippen molar-refractivity contribution in [3.63, 3.8) is 0 Å². The van der Waals surface area contributed by atoms with Gasteiger partial charge in [-0.3, -0.25) is 14.6 Å². The topological polar surface area (TPSA) is 71.1 Å². The lowest BCUT2D eigenvalue weighted by molar-refractivity contribution is -0.139. The first kappa shape index (κ1) is 13.2. The van der Waals surface area contributed by atoms with Crippen molar-refractivity contribution in [1.29, 1.82) is 0 Å². The van der Waals surface area contributed by atoms with E-state index in [1.807, 2.05) is 19.9 Å². The average molecular weight is 235 g/mol. The summed E-state index contributed by atoms with van der Waals surface area (Å²) in [5, 5.41) is 5.08. The van der Waals surface area contributed by atoms with E-state index >= 15 is 0 Å². The molecule has 0 fully saturated rings. The summed E-state index contributed by atoms with van der Waals surface area (Å²) in [5.41, 5.74) is 0.859. The molecule has 0 aliphatic rings. The Kier molecular flexibility index (Phi) is 5.13. The largest absolute Gasteiger partial charge is 0.348 e. The first-order valence-corrected chi connectivity index (χ1v) is 5.54. The Morgan fingerprint density at radius 1 is 1.29 bits per heavy atom. The molecule has 0 atom stereocenters. The molecule has 1 heterocycles. The summed E-state index contributed by atoms with van der Waals surface area (Å²) in [6.45, 7) is 4.74. The van der Waals surface area contributed by atoms with Crippen molar-refractivity contribution in [3.8, 4) is 0 Å². The van der Waals surface area contributed by atoms with E-state index in [1.54, 1.807) is 18.5 Å². The van der Waals surface area contributed by atoms with E-state index in [2.05, 4.69) is 15.6 Å². The molecule has 0 saturated heterocycles. The normalized spacial score (nSPS) is 10.1. The molecular weight excluding hydrogens is 218 g/mol. The molecule has 5 nitrogen and oxygen atoms in total. The van der Waals surface area contributed by atoms with Crippen LogP contribution < -0.4 is 10.6 Å². The van der Waals surface area contributed by atoms with Crippen LogP contribution in [0.1, 0.15) is 19.4 Å². The van der Waals surface area contributed by atoms with Crippen molar-refractivity contribution >= 4 is 11.8 Å². The third-order valence-corrected chi connectivity index (χ3v) is 2.05. The predicted molar refractivity (Wildman–Crippen MR) is 63.9 cm³/mol. The molecule has 1 aromatic heterocycles.